The lowest BCUT2D eigenvalue weighted by atomic mass is 9.80. The zero-order valence-electron chi connectivity index (χ0n) is 20.3. The number of fused-ring (bicyclic) bond motifs is 1. The maximum atomic E-state index is 13.3. The van der Waals surface area contributed by atoms with Crippen molar-refractivity contribution >= 4 is 22.8 Å². The Morgan fingerprint density at radius 1 is 0.892 bits per heavy atom. The molecule has 2 aromatic carbocycles. The van der Waals surface area contributed by atoms with Crippen LogP contribution in [-0.4, -0.2) is 27.9 Å². The van der Waals surface area contributed by atoms with Crippen molar-refractivity contribution in [2.24, 2.45) is 0 Å². The summed E-state index contributed by atoms with van der Waals surface area (Å²) in [5, 5.41) is 16.1. The zero-order chi connectivity index (χ0) is 25.5. The van der Waals surface area contributed by atoms with Crippen molar-refractivity contribution in [2.75, 3.05) is 0 Å². The van der Waals surface area contributed by atoms with Gasteiger partial charge in [0, 0.05) is 10.9 Å². The van der Waals surface area contributed by atoms with Gasteiger partial charge in [-0.15, -0.1) is 0 Å². The number of hydrogen-bond donors (Lipinski definition) is 2. The van der Waals surface area contributed by atoms with Crippen molar-refractivity contribution in [3.8, 4) is 28.5 Å². The fourth-order valence-electron chi connectivity index (χ4n) is 5.08. The summed E-state index contributed by atoms with van der Waals surface area (Å²) in [6.07, 6.45) is 8.15. The minimum atomic E-state index is -1.03. The summed E-state index contributed by atoms with van der Waals surface area (Å²) >= 11 is 0. The molecule has 0 unspecified atom stereocenters. The van der Waals surface area contributed by atoms with Crippen LogP contribution in [0.4, 0.5) is 0 Å². The Kier molecular flexibility index (Phi) is 5.56. The van der Waals surface area contributed by atoms with Crippen molar-refractivity contribution in [1.82, 2.24) is 15.6 Å². The number of nitriles is 1. The summed E-state index contributed by atoms with van der Waals surface area (Å²) in [5.74, 6) is 0.166. The van der Waals surface area contributed by atoms with E-state index in [1.807, 2.05) is 42.5 Å². The number of nitrogens with zero attached hydrogens (tertiary/aromatic N) is 2. The van der Waals surface area contributed by atoms with Crippen LogP contribution in [0.5, 0.6) is 0 Å². The molecule has 2 heterocycles. The predicted octanol–water partition coefficient (Wildman–Crippen LogP) is 5.36. The molecule has 0 atom stereocenters. The van der Waals surface area contributed by atoms with Crippen LogP contribution in [-0.2, 0) is 4.79 Å². The molecule has 8 heteroatoms. The number of hydrogen-bond acceptors (Lipinski definition) is 6. The lowest BCUT2D eigenvalue weighted by Gasteiger charge is -2.37. The smallest absolute Gasteiger partial charge is 0.287 e. The highest BCUT2D eigenvalue weighted by molar-refractivity contribution is 6.00. The van der Waals surface area contributed by atoms with E-state index in [4.69, 9.17) is 8.83 Å². The van der Waals surface area contributed by atoms with Crippen LogP contribution in [0.1, 0.15) is 55.5 Å². The second-order valence-electron chi connectivity index (χ2n) is 10.1. The highest BCUT2D eigenvalue weighted by Crippen LogP contribution is 2.37. The van der Waals surface area contributed by atoms with Crippen molar-refractivity contribution in [3.63, 3.8) is 0 Å². The van der Waals surface area contributed by atoms with Crippen molar-refractivity contribution in [1.29, 1.82) is 5.26 Å². The highest BCUT2D eigenvalue weighted by Gasteiger charge is 2.50. The van der Waals surface area contributed by atoms with Crippen molar-refractivity contribution < 1.29 is 18.4 Å². The molecule has 2 aliphatic carbocycles. The number of oxazole rings is 1. The molecule has 0 spiro atoms. The van der Waals surface area contributed by atoms with Crippen molar-refractivity contribution in [3.05, 3.63) is 66.9 Å². The molecular weight excluding hydrogens is 468 g/mol. The van der Waals surface area contributed by atoms with E-state index < -0.39 is 17.0 Å². The van der Waals surface area contributed by atoms with Gasteiger partial charge in [-0.05, 0) is 48.9 Å². The maximum absolute atomic E-state index is 13.3. The monoisotopic (exact) mass is 494 g/mol. The Hall–Kier alpha value is -4.38. The SMILES string of the molecule is N#CC1(NC(=O)C2(NC(=O)c3cc4ccc(-c5ccc(-c6cnco6)cc5)cc4o3)CCCCC2)CC1. The summed E-state index contributed by atoms with van der Waals surface area (Å²) in [7, 11) is 0. The fraction of sp³-hybridized carbons (Fsp3) is 0.310. The standard InChI is InChI=1S/C29H26N4O4/c30-17-28(12-13-28)33-27(35)29(10-2-1-3-11-29)32-26(34)24-15-22-9-8-21(14-23(22)37-24)19-4-6-20(7-5-19)25-16-31-18-36-25/h4-9,14-16,18H,1-3,10-13H2,(H,32,34)(H,33,35). The minimum absolute atomic E-state index is 0.159. The van der Waals surface area contributed by atoms with E-state index >= 15 is 0 Å². The predicted molar refractivity (Wildman–Crippen MR) is 136 cm³/mol. The van der Waals surface area contributed by atoms with E-state index in [1.54, 1.807) is 12.3 Å². The van der Waals surface area contributed by atoms with Gasteiger partial charge in [0.15, 0.2) is 17.9 Å². The lowest BCUT2D eigenvalue weighted by Crippen LogP contribution is -2.61. The van der Waals surface area contributed by atoms with Gasteiger partial charge >= 0.3 is 0 Å². The van der Waals surface area contributed by atoms with Crippen molar-refractivity contribution in [2.45, 2.75) is 56.0 Å². The molecule has 0 aliphatic heterocycles. The molecule has 2 N–H and O–H groups in total. The Balaban J connectivity index is 1.23. The van der Waals surface area contributed by atoms with E-state index in [1.165, 1.54) is 6.39 Å². The molecule has 2 amide bonds. The van der Waals surface area contributed by atoms with Gasteiger partial charge in [-0.2, -0.15) is 5.26 Å². The molecule has 186 valence electrons. The Labute approximate surface area is 213 Å². The summed E-state index contributed by atoms with van der Waals surface area (Å²) in [4.78, 5) is 30.5. The summed E-state index contributed by atoms with van der Waals surface area (Å²) in [6.45, 7) is 0. The third-order valence-corrected chi connectivity index (χ3v) is 7.49. The second-order valence-corrected chi connectivity index (χ2v) is 10.1. The van der Waals surface area contributed by atoms with Gasteiger partial charge in [0.05, 0.1) is 12.3 Å². The number of carbonyl (C=O) groups excluding carboxylic acids is 2. The molecule has 37 heavy (non-hydrogen) atoms. The van der Waals surface area contributed by atoms with Gasteiger partial charge in [-0.1, -0.05) is 55.7 Å². The van der Waals surface area contributed by atoms with Crippen LogP contribution >= 0.6 is 0 Å². The number of nitrogens with one attached hydrogen (secondary N) is 2. The molecule has 4 aromatic rings. The number of rotatable bonds is 6. The average molecular weight is 495 g/mol. The summed E-state index contributed by atoms with van der Waals surface area (Å²) in [5.41, 5.74) is 1.66. The Morgan fingerprint density at radius 2 is 1.62 bits per heavy atom. The van der Waals surface area contributed by atoms with Crippen LogP contribution in [0.15, 0.2) is 70.0 Å². The van der Waals surface area contributed by atoms with Crippen LogP contribution < -0.4 is 10.6 Å². The van der Waals surface area contributed by atoms with Gasteiger partial charge in [-0.3, -0.25) is 9.59 Å². The first kappa shape index (κ1) is 23.0. The largest absolute Gasteiger partial charge is 0.451 e. The van der Waals surface area contributed by atoms with Crippen LogP contribution in [0.3, 0.4) is 0 Å². The van der Waals surface area contributed by atoms with E-state index in [9.17, 15) is 14.9 Å². The lowest BCUT2D eigenvalue weighted by molar-refractivity contribution is -0.129. The third kappa shape index (κ3) is 4.38. The van der Waals surface area contributed by atoms with Gasteiger partial charge in [0.25, 0.3) is 5.91 Å². The molecule has 6 rings (SSSR count). The van der Waals surface area contributed by atoms with E-state index in [0.717, 1.165) is 41.3 Å². The molecule has 0 radical (unpaired) electrons. The molecule has 0 saturated heterocycles. The Bertz CT molecular complexity index is 1500. The van der Waals surface area contributed by atoms with Crippen LogP contribution in [0.25, 0.3) is 33.4 Å². The van der Waals surface area contributed by atoms with Gasteiger partial charge < -0.3 is 19.5 Å². The highest BCUT2D eigenvalue weighted by atomic mass is 16.3. The normalized spacial score (nSPS) is 17.6. The van der Waals surface area contributed by atoms with Gasteiger partial charge in [-0.25, -0.2) is 4.98 Å². The first-order valence-electron chi connectivity index (χ1n) is 12.6. The molecule has 2 aromatic heterocycles. The topological polar surface area (TPSA) is 121 Å². The fourth-order valence-corrected chi connectivity index (χ4v) is 5.08. The van der Waals surface area contributed by atoms with Gasteiger partial charge in [0.2, 0.25) is 5.91 Å². The maximum Gasteiger partial charge on any atom is 0.287 e. The minimum Gasteiger partial charge on any atom is -0.451 e. The van der Waals surface area contributed by atoms with Crippen LogP contribution in [0.2, 0.25) is 0 Å². The number of amides is 2. The average Bonchev–Trinajstić information content (AvgIpc) is 3.30. The van der Waals surface area contributed by atoms with E-state index in [-0.39, 0.29) is 11.7 Å². The molecule has 2 saturated carbocycles. The summed E-state index contributed by atoms with van der Waals surface area (Å²) < 4.78 is 11.3. The van der Waals surface area contributed by atoms with E-state index in [2.05, 4.69) is 21.7 Å². The number of aromatic nitrogens is 1. The van der Waals surface area contributed by atoms with E-state index in [0.29, 0.717) is 37.0 Å². The number of furan rings is 1. The number of benzene rings is 2. The first-order chi connectivity index (χ1) is 18.0. The molecule has 8 nitrogen and oxygen atoms in total. The molecular formula is C29H26N4O4. The first-order valence-corrected chi connectivity index (χ1v) is 12.6. The quantitative estimate of drug-likeness (QED) is 0.372. The van der Waals surface area contributed by atoms with Gasteiger partial charge in [0.1, 0.15) is 16.7 Å². The van der Waals surface area contributed by atoms with Crippen LogP contribution in [0, 0.1) is 11.3 Å². The third-order valence-electron chi connectivity index (χ3n) is 7.49. The summed E-state index contributed by atoms with van der Waals surface area (Å²) in [6, 6.07) is 17.6. The second kappa shape index (κ2) is 8.93. The zero-order valence-corrected chi connectivity index (χ0v) is 20.3. The molecule has 2 fully saturated rings. The molecule has 2 aliphatic rings. The molecule has 0 bridgehead atoms. The Morgan fingerprint density at radius 3 is 2.30 bits per heavy atom. The number of carbonyl (C=O) groups is 2.